The molecule has 0 radical (unpaired) electrons. The van der Waals surface area contributed by atoms with Gasteiger partial charge in [-0.25, -0.2) is 11.1 Å². The van der Waals surface area contributed by atoms with E-state index in [2.05, 4.69) is 25.8 Å². The van der Waals surface area contributed by atoms with Crippen LogP contribution in [-0.2, 0) is 10.9 Å². The van der Waals surface area contributed by atoms with Crippen molar-refractivity contribution in [3.63, 3.8) is 0 Å². The van der Waals surface area contributed by atoms with Crippen molar-refractivity contribution in [3.8, 4) is 0 Å². The molecule has 0 amide bonds. The van der Waals surface area contributed by atoms with Gasteiger partial charge in [-0.1, -0.05) is 32.9 Å². The second-order valence-corrected chi connectivity index (χ2v) is 7.73. The van der Waals surface area contributed by atoms with E-state index in [1.165, 1.54) is 0 Å². The van der Waals surface area contributed by atoms with Crippen LogP contribution in [0, 0.1) is 8.99 Å². The average molecular weight is 361 g/mol. The van der Waals surface area contributed by atoms with Gasteiger partial charge < -0.3 is 4.74 Å². The maximum Gasteiger partial charge on any atom is 0.341 e. The molecule has 0 bridgehead atoms. The molecule has 0 aromatic heterocycles. The standard InChI is InChI=1S/C13H16INO3/c1-13(2,3)11-8-18-12(15-11)9-6-4-5-7-10(9)14(16)17/h4-7,11H,8H2,1-3H3. The van der Waals surface area contributed by atoms with Gasteiger partial charge in [0, 0.05) is 0 Å². The summed E-state index contributed by atoms with van der Waals surface area (Å²) in [7, 11) is 0. The second-order valence-electron chi connectivity index (χ2n) is 5.32. The van der Waals surface area contributed by atoms with Crippen LogP contribution in [0.25, 0.3) is 0 Å². The maximum atomic E-state index is 11.3. The number of halogens is 1. The Balaban J connectivity index is 2.40. The predicted molar refractivity (Wildman–Crippen MR) is 76.3 cm³/mol. The molecule has 0 aliphatic carbocycles. The molecule has 5 heteroatoms. The molecule has 1 unspecified atom stereocenters. The summed E-state index contributed by atoms with van der Waals surface area (Å²) >= 11 is -3.52. The fraction of sp³-hybridized carbons (Fsp3) is 0.462. The first-order valence-electron chi connectivity index (χ1n) is 5.75. The third kappa shape index (κ3) is 2.71. The van der Waals surface area contributed by atoms with E-state index >= 15 is 0 Å². The van der Waals surface area contributed by atoms with Crippen molar-refractivity contribution < 1.29 is 10.9 Å². The molecule has 2 rings (SSSR count). The fourth-order valence-corrected chi connectivity index (χ4v) is 3.12. The Kier molecular flexibility index (Phi) is 3.70. The number of rotatable bonds is 2. The zero-order valence-electron chi connectivity index (χ0n) is 10.6. The van der Waals surface area contributed by atoms with Gasteiger partial charge in [0.1, 0.15) is 6.61 Å². The van der Waals surface area contributed by atoms with Crippen molar-refractivity contribution in [2.75, 3.05) is 6.61 Å². The lowest BCUT2D eigenvalue weighted by Gasteiger charge is -2.21. The van der Waals surface area contributed by atoms with Crippen LogP contribution >= 0.6 is 19.8 Å². The van der Waals surface area contributed by atoms with Crippen LogP contribution in [0.4, 0.5) is 0 Å². The van der Waals surface area contributed by atoms with Gasteiger partial charge in [-0.15, -0.1) is 0 Å². The summed E-state index contributed by atoms with van der Waals surface area (Å²) in [5.74, 6) is 0.458. The van der Waals surface area contributed by atoms with Gasteiger partial charge in [0.2, 0.25) is 5.90 Å². The van der Waals surface area contributed by atoms with Gasteiger partial charge in [0.15, 0.2) is 0 Å². The van der Waals surface area contributed by atoms with Gasteiger partial charge in [-0.2, -0.15) is 0 Å². The molecule has 1 heterocycles. The summed E-state index contributed by atoms with van der Waals surface area (Å²) in [6, 6.07) is 6.95. The van der Waals surface area contributed by atoms with E-state index in [1.807, 2.05) is 0 Å². The van der Waals surface area contributed by atoms with Crippen LogP contribution in [0.3, 0.4) is 0 Å². The molecule has 4 nitrogen and oxygen atoms in total. The Morgan fingerprint density at radius 1 is 1.28 bits per heavy atom. The van der Waals surface area contributed by atoms with E-state index in [0.29, 0.717) is 21.6 Å². The molecule has 18 heavy (non-hydrogen) atoms. The largest absolute Gasteiger partial charge is 0.475 e. The first-order chi connectivity index (χ1) is 8.39. The van der Waals surface area contributed by atoms with Crippen molar-refractivity contribution in [1.82, 2.24) is 0 Å². The quantitative estimate of drug-likeness (QED) is 0.760. The Morgan fingerprint density at radius 2 is 1.94 bits per heavy atom. The number of benzene rings is 1. The van der Waals surface area contributed by atoms with Gasteiger partial charge in [0.05, 0.1) is 15.2 Å². The first kappa shape index (κ1) is 13.5. The highest BCUT2D eigenvalue weighted by Crippen LogP contribution is 2.29. The third-order valence-electron chi connectivity index (χ3n) is 2.92. The lowest BCUT2D eigenvalue weighted by Crippen LogP contribution is -2.25. The summed E-state index contributed by atoms with van der Waals surface area (Å²) in [6.45, 7) is 6.80. The number of hydrogen-bond acceptors (Lipinski definition) is 4. The number of hydrogen-bond donors (Lipinski definition) is 0. The molecule has 1 aromatic rings. The molecule has 0 spiro atoms. The molecule has 1 atom stereocenters. The van der Waals surface area contributed by atoms with Crippen LogP contribution < -0.4 is 0 Å². The second kappa shape index (κ2) is 4.95. The molecule has 1 aliphatic heterocycles. The molecule has 0 saturated carbocycles. The number of nitrogens with zero attached hydrogens (tertiary/aromatic N) is 1. The Morgan fingerprint density at radius 3 is 2.50 bits per heavy atom. The van der Waals surface area contributed by atoms with Gasteiger partial charge in [0.25, 0.3) is 0 Å². The normalized spacial score (nSPS) is 19.8. The Hall–Kier alpha value is -0.980. The molecule has 98 valence electrons. The van der Waals surface area contributed by atoms with Gasteiger partial charge in [-0.3, -0.25) is 0 Å². The van der Waals surface area contributed by atoms with Crippen molar-refractivity contribution in [1.29, 1.82) is 0 Å². The maximum absolute atomic E-state index is 11.3. The summed E-state index contributed by atoms with van der Waals surface area (Å²) in [6.07, 6.45) is 0. The van der Waals surface area contributed by atoms with E-state index in [-0.39, 0.29) is 11.5 Å². The van der Waals surface area contributed by atoms with Crippen LogP contribution in [-0.4, -0.2) is 18.5 Å². The molecule has 1 aromatic carbocycles. The fourth-order valence-electron chi connectivity index (χ4n) is 1.73. The smallest absolute Gasteiger partial charge is 0.341 e. The van der Waals surface area contributed by atoms with Crippen molar-refractivity contribution >= 4 is 25.7 Å². The van der Waals surface area contributed by atoms with Gasteiger partial charge in [-0.05, 0) is 17.5 Å². The first-order valence-corrected chi connectivity index (χ1v) is 8.59. The monoisotopic (exact) mass is 361 g/mol. The van der Waals surface area contributed by atoms with E-state index in [1.54, 1.807) is 24.3 Å². The molecular formula is C13H16INO3. The van der Waals surface area contributed by atoms with Crippen LogP contribution in [0.15, 0.2) is 29.3 Å². The Labute approximate surface area is 114 Å². The third-order valence-corrected chi connectivity index (χ3v) is 4.81. The average Bonchev–Trinajstić information content (AvgIpc) is 2.77. The zero-order chi connectivity index (χ0) is 13.3. The number of aliphatic imine (C=N–C) groups is 1. The SMILES string of the molecule is CC(C)(C)C1COC(c2ccccc2I(=O)=O)=N1. The van der Waals surface area contributed by atoms with Crippen LogP contribution in [0.2, 0.25) is 0 Å². The summed E-state index contributed by atoms with van der Waals surface area (Å²) in [5.41, 5.74) is 0.614. The predicted octanol–water partition coefficient (Wildman–Crippen LogP) is 3.25. The molecule has 1 aliphatic rings. The topological polar surface area (TPSA) is 55.7 Å². The molecular weight excluding hydrogens is 345 g/mol. The number of ether oxygens (including phenoxy) is 1. The highest BCUT2D eigenvalue weighted by atomic mass is 127. The highest BCUT2D eigenvalue weighted by Gasteiger charge is 2.31. The van der Waals surface area contributed by atoms with E-state index in [9.17, 15) is 6.14 Å². The minimum atomic E-state index is -3.52. The molecule has 0 saturated heterocycles. The van der Waals surface area contributed by atoms with Gasteiger partial charge >= 0.3 is 19.8 Å². The molecule has 0 N–H and O–H groups in total. The van der Waals surface area contributed by atoms with Crippen molar-refractivity contribution in [3.05, 3.63) is 33.4 Å². The zero-order valence-corrected chi connectivity index (χ0v) is 12.8. The van der Waals surface area contributed by atoms with Crippen molar-refractivity contribution in [2.24, 2.45) is 10.4 Å². The van der Waals surface area contributed by atoms with E-state index < -0.39 is 19.8 Å². The Bertz CT molecular complexity index is 548. The van der Waals surface area contributed by atoms with Crippen LogP contribution in [0.1, 0.15) is 26.3 Å². The highest BCUT2D eigenvalue weighted by molar-refractivity contribution is 14.2. The lowest BCUT2D eigenvalue weighted by atomic mass is 9.88. The summed E-state index contributed by atoms with van der Waals surface area (Å²) in [4.78, 5) is 4.51. The van der Waals surface area contributed by atoms with Crippen molar-refractivity contribution in [2.45, 2.75) is 26.8 Å². The van der Waals surface area contributed by atoms with Crippen LogP contribution in [0.5, 0.6) is 0 Å². The minimum Gasteiger partial charge on any atom is -0.475 e. The summed E-state index contributed by atoms with van der Waals surface area (Å²) < 4.78 is 28.5. The molecule has 0 fully saturated rings. The summed E-state index contributed by atoms with van der Waals surface area (Å²) in [5, 5.41) is 0. The van der Waals surface area contributed by atoms with E-state index in [4.69, 9.17) is 4.74 Å². The lowest BCUT2D eigenvalue weighted by molar-refractivity contribution is 0.236. The van der Waals surface area contributed by atoms with E-state index in [0.717, 1.165) is 0 Å². The minimum absolute atomic E-state index is 0.0178.